The summed E-state index contributed by atoms with van der Waals surface area (Å²) >= 11 is 0. The topological polar surface area (TPSA) is 81.9 Å². The standard InChI is InChI=1S/C33H30N2O5/c36-18-39-21-9-10-22(33(37)38)25(17-21)28-26-15-19-5-1-11-34-13-3-7-23(29(19)34)31(26)40-32-24-8-4-14-35-12-2-6-20(30(24)35)16-27(28)32/h9-10,15-18H,1-8,11-14H2. The van der Waals surface area contributed by atoms with Gasteiger partial charge in [0.1, 0.15) is 30.3 Å². The van der Waals surface area contributed by atoms with Crippen molar-refractivity contribution in [1.29, 1.82) is 0 Å². The molecule has 0 unspecified atom stereocenters. The van der Waals surface area contributed by atoms with Crippen molar-refractivity contribution in [2.75, 3.05) is 31.1 Å². The van der Waals surface area contributed by atoms with E-state index in [1.54, 1.807) is 6.07 Å². The smallest absolute Gasteiger partial charge is 0.298 e. The summed E-state index contributed by atoms with van der Waals surface area (Å²) in [5.41, 5.74) is 8.69. The van der Waals surface area contributed by atoms with E-state index in [-0.39, 0.29) is 5.56 Å². The molecule has 0 fully saturated rings. The maximum absolute atomic E-state index is 12.5. The zero-order chi connectivity index (χ0) is 27.0. The molecule has 8 rings (SSSR count). The Morgan fingerprint density at radius 3 is 2.50 bits per heavy atom. The molecular weight excluding hydrogens is 504 g/mol. The van der Waals surface area contributed by atoms with Gasteiger partial charge in [0, 0.05) is 64.7 Å². The number of hydrogen-bond acceptors (Lipinski definition) is 6. The van der Waals surface area contributed by atoms with E-state index in [1.165, 1.54) is 45.4 Å². The molecule has 0 atom stereocenters. The summed E-state index contributed by atoms with van der Waals surface area (Å²) in [6.07, 6.45) is 8.14. The second-order valence-corrected chi connectivity index (χ2v) is 11.6. The van der Waals surface area contributed by atoms with Gasteiger partial charge in [-0.15, -0.1) is 0 Å². The van der Waals surface area contributed by atoms with Gasteiger partial charge in [-0.2, -0.15) is 0 Å². The highest BCUT2D eigenvalue weighted by molar-refractivity contribution is 5.99. The van der Waals surface area contributed by atoms with Crippen LogP contribution in [-0.4, -0.2) is 38.6 Å². The van der Waals surface area contributed by atoms with Crippen LogP contribution in [0.2, 0.25) is 0 Å². The fourth-order valence-electron chi connectivity index (χ4n) is 7.84. The Hall–Kier alpha value is -4.13. The molecule has 7 heteroatoms. The summed E-state index contributed by atoms with van der Waals surface area (Å²) in [4.78, 5) is 26.2. The van der Waals surface area contributed by atoms with E-state index in [0.717, 1.165) is 105 Å². The van der Waals surface area contributed by atoms with Crippen LogP contribution in [0.15, 0.2) is 30.3 Å². The van der Waals surface area contributed by atoms with Gasteiger partial charge in [0.25, 0.3) is 6.47 Å². The van der Waals surface area contributed by atoms with Gasteiger partial charge in [0.05, 0.1) is 11.5 Å². The minimum atomic E-state index is -1.26. The van der Waals surface area contributed by atoms with Crippen molar-refractivity contribution < 1.29 is 24.2 Å². The average molecular weight is 535 g/mol. The second-order valence-electron chi connectivity index (χ2n) is 11.6. The molecule has 202 valence electrons. The molecule has 0 saturated heterocycles. The number of ether oxygens (including phenoxy) is 2. The minimum Gasteiger partial charge on any atom is -0.545 e. The molecule has 5 aliphatic heterocycles. The van der Waals surface area contributed by atoms with Crippen LogP contribution < -0.4 is 34.6 Å². The molecule has 0 N–H and O–H groups in total. The molecule has 0 saturated carbocycles. The fraction of sp³-hybridized carbons (Fsp3) is 0.364. The van der Waals surface area contributed by atoms with Gasteiger partial charge in [-0.1, -0.05) is 0 Å². The quantitative estimate of drug-likeness (QED) is 0.294. The third kappa shape index (κ3) is 3.39. The number of carbonyl (C=O) groups excluding carboxylic acids is 2. The molecule has 3 aromatic carbocycles. The fourth-order valence-corrected chi connectivity index (χ4v) is 7.84. The number of benzene rings is 3. The molecule has 0 spiro atoms. The van der Waals surface area contributed by atoms with E-state index in [4.69, 9.17) is 9.47 Å². The lowest BCUT2D eigenvalue weighted by Gasteiger charge is -2.39. The summed E-state index contributed by atoms with van der Waals surface area (Å²) in [5.74, 6) is 0.740. The van der Waals surface area contributed by atoms with Gasteiger partial charge < -0.3 is 24.3 Å². The van der Waals surface area contributed by atoms with E-state index in [1.807, 2.05) is 0 Å². The number of aryl methyl sites for hydroxylation is 2. The van der Waals surface area contributed by atoms with Crippen LogP contribution in [0.1, 0.15) is 69.4 Å². The van der Waals surface area contributed by atoms with E-state index in [2.05, 4.69) is 21.6 Å². The van der Waals surface area contributed by atoms with Crippen LogP contribution in [0.25, 0.3) is 5.57 Å². The summed E-state index contributed by atoms with van der Waals surface area (Å²) in [7, 11) is 0. The Balaban J connectivity index is 1.54. The third-order valence-electron chi connectivity index (χ3n) is 9.35. The minimum absolute atomic E-state index is 0.0769. The van der Waals surface area contributed by atoms with E-state index < -0.39 is 5.97 Å². The normalized spacial score (nSPS) is 18.1. The molecule has 7 nitrogen and oxygen atoms in total. The number of nitrogens with zero attached hydrogens (tertiary/aromatic N) is 2. The zero-order valence-corrected chi connectivity index (χ0v) is 22.4. The van der Waals surface area contributed by atoms with Gasteiger partial charge in [0.2, 0.25) is 5.36 Å². The molecule has 3 aromatic rings. The van der Waals surface area contributed by atoms with E-state index >= 15 is 0 Å². The van der Waals surface area contributed by atoms with E-state index in [0.29, 0.717) is 17.8 Å². The molecule has 0 bridgehead atoms. The summed E-state index contributed by atoms with van der Waals surface area (Å²) in [6.45, 7) is 4.59. The van der Waals surface area contributed by atoms with Crippen molar-refractivity contribution in [3.05, 3.63) is 79.9 Å². The van der Waals surface area contributed by atoms with Gasteiger partial charge in [-0.25, -0.2) is 4.58 Å². The maximum Gasteiger partial charge on any atom is 0.298 e. The molecule has 5 aliphatic rings. The first-order valence-corrected chi connectivity index (χ1v) is 14.5. The van der Waals surface area contributed by atoms with Gasteiger partial charge in [-0.05, 0) is 80.0 Å². The van der Waals surface area contributed by atoms with Crippen molar-refractivity contribution in [2.24, 2.45) is 0 Å². The number of fused-ring (bicyclic) bond motifs is 4. The Morgan fingerprint density at radius 2 is 1.68 bits per heavy atom. The zero-order valence-electron chi connectivity index (χ0n) is 22.4. The summed E-state index contributed by atoms with van der Waals surface area (Å²) < 4.78 is 14.7. The van der Waals surface area contributed by atoms with Gasteiger partial charge in [0.15, 0.2) is 0 Å². The van der Waals surface area contributed by atoms with Crippen LogP contribution in [0.5, 0.6) is 17.2 Å². The largest absolute Gasteiger partial charge is 0.545 e. The van der Waals surface area contributed by atoms with Crippen LogP contribution >= 0.6 is 0 Å². The average Bonchev–Trinajstić information content (AvgIpc) is 2.97. The Kier molecular flexibility index (Phi) is 5.31. The predicted octanol–water partition coefficient (Wildman–Crippen LogP) is 2.02. The van der Waals surface area contributed by atoms with Crippen LogP contribution in [0.4, 0.5) is 5.69 Å². The lowest BCUT2D eigenvalue weighted by atomic mass is 9.81. The van der Waals surface area contributed by atoms with Crippen LogP contribution in [-0.2, 0) is 30.5 Å². The first-order valence-electron chi connectivity index (χ1n) is 14.5. The van der Waals surface area contributed by atoms with Crippen molar-refractivity contribution in [3.63, 3.8) is 0 Å². The van der Waals surface area contributed by atoms with Crippen molar-refractivity contribution in [2.45, 2.75) is 51.4 Å². The number of carboxylic acids is 1. The Bertz CT molecular complexity index is 1770. The Morgan fingerprint density at radius 1 is 0.900 bits per heavy atom. The highest BCUT2D eigenvalue weighted by Crippen LogP contribution is 2.49. The number of anilines is 1. The van der Waals surface area contributed by atoms with Crippen molar-refractivity contribution >= 4 is 23.7 Å². The third-order valence-corrected chi connectivity index (χ3v) is 9.35. The van der Waals surface area contributed by atoms with Crippen LogP contribution in [0.3, 0.4) is 0 Å². The first-order chi connectivity index (χ1) is 19.6. The van der Waals surface area contributed by atoms with Crippen LogP contribution in [0, 0.1) is 0 Å². The summed E-state index contributed by atoms with van der Waals surface area (Å²) in [5, 5.41) is 14.7. The molecule has 5 heterocycles. The first kappa shape index (κ1) is 23.7. The number of aromatic carboxylic acids is 1. The molecule has 0 aliphatic carbocycles. The number of rotatable bonds is 4. The maximum atomic E-state index is 12.5. The summed E-state index contributed by atoms with van der Waals surface area (Å²) in [6, 6.07) is 9.12. The lowest BCUT2D eigenvalue weighted by Crippen LogP contribution is -2.45. The van der Waals surface area contributed by atoms with E-state index in [9.17, 15) is 14.7 Å². The Labute approximate surface area is 232 Å². The lowest BCUT2D eigenvalue weighted by molar-refractivity contribution is -0.255. The number of carbonyl (C=O) groups is 2. The molecule has 0 aromatic heterocycles. The SMILES string of the molecule is O=COc1ccc(C(=O)[O-])c(C2=c3cc4c5c(c3Oc3c2cc2c6c3CCCN6CCC2)CCC[N+]=5CCC4)c1. The van der Waals surface area contributed by atoms with Crippen molar-refractivity contribution in [1.82, 2.24) is 4.58 Å². The molecule has 0 amide bonds. The predicted molar refractivity (Wildman–Crippen MR) is 148 cm³/mol. The second kappa shape index (κ2) is 8.95. The monoisotopic (exact) mass is 534 g/mol. The highest BCUT2D eigenvalue weighted by atomic mass is 16.5. The highest BCUT2D eigenvalue weighted by Gasteiger charge is 2.36. The molecular formula is C33H30N2O5. The van der Waals surface area contributed by atoms with Crippen molar-refractivity contribution in [3.8, 4) is 17.2 Å². The number of carboxylic acid groups (broad SMARTS) is 1. The number of hydrogen-bond donors (Lipinski definition) is 0. The van der Waals surface area contributed by atoms with Gasteiger partial charge in [-0.3, -0.25) is 4.79 Å². The molecule has 0 radical (unpaired) electrons. The molecule has 40 heavy (non-hydrogen) atoms. The van der Waals surface area contributed by atoms with Gasteiger partial charge >= 0.3 is 0 Å².